The Kier molecular flexibility index (Phi) is 4.63. The number of benzene rings is 1. The highest BCUT2D eigenvalue weighted by molar-refractivity contribution is 5.74. The van der Waals surface area contributed by atoms with Crippen molar-refractivity contribution in [1.82, 2.24) is 10.6 Å². The van der Waals surface area contributed by atoms with Crippen LogP contribution in [0.3, 0.4) is 0 Å². The maximum atomic E-state index is 11.9. The van der Waals surface area contributed by atoms with E-state index in [1.807, 2.05) is 37.3 Å². The molecule has 1 atom stereocenters. The Labute approximate surface area is 143 Å². The Balaban J connectivity index is 1.32. The van der Waals surface area contributed by atoms with Gasteiger partial charge in [0.15, 0.2) is 0 Å². The average Bonchev–Trinajstić information content (AvgIpc) is 2.47. The largest absolute Gasteiger partial charge is 0.461 e. The first-order valence-corrected chi connectivity index (χ1v) is 8.62. The molecule has 5 heteroatoms. The Hall–Kier alpha value is -1.88. The highest BCUT2D eigenvalue weighted by atomic mass is 16.5. The van der Waals surface area contributed by atoms with E-state index in [1.165, 1.54) is 0 Å². The molecule has 4 rings (SSSR count). The molecular formula is C19H26N2O3. The number of hydrogen-bond donors (Lipinski definition) is 2. The summed E-state index contributed by atoms with van der Waals surface area (Å²) in [6.07, 6.45) is 3.53. The van der Waals surface area contributed by atoms with E-state index in [2.05, 4.69) is 10.6 Å². The van der Waals surface area contributed by atoms with Crippen LogP contribution < -0.4 is 10.6 Å². The highest BCUT2D eigenvalue weighted by Gasteiger charge is 2.67. The summed E-state index contributed by atoms with van der Waals surface area (Å²) in [5.74, 6) is -0.114. The van der Waals surface area contributed by atoms with Gasteiger partial charge < -0.3 is 15.4 Å². The summed E-state index contributed by atoms with van der Waals surface area (Å²) in [6, 6.07) is 9.80. The molecule has 3 aliphatic rings. The normalized spacial score (nSPS) is 28.2. The number of hydrogen-bond acceptors (Lipinski definition) is 4. The second kappa shape index (κ2) is 6.55. The van der Waals surface area contributed by atoms with Crippen LogP contribution in [0.4, 0.5) is 0 Å². The fourth-order valence-corrected chi connectivity index (χ4v) is 4.20. The molecule has 1 aromatic carbocycles. The van der Waals surface area contributed by atoms with Crippen molar-refractivity contribution in [3.63, 3.8) is 0 Å². The first-order chi connectivity index (χ1) is 11.4. The zero-order valence-corrected chi connectivity index (χ0v) is 14.4. The molecular weight excluding hydrogens is 304 g/mol. The van der Waals surface area contributed by atoms with E-state index in [1.54, 1.807) is 6.92 Å². The summed E-state index contributed by atoms with van der Waals surface area (Å²) < 4.78 is 5.31. The van der Waals surface area contributed by atoms with Crippen molar-refractivity contribution in [3.05, 3.63) is 35.9 Å². The topological polar surface area (TPSA) is 67.4 Å². The standard InChI is InChI=1S/C19H26N2O3/c1-14(8-17(23)24-9-16-6-4-3-5-7-16)20-13-18-10-19(11-18,12-18)21-15(2)22/h3-7,14,20H,8-13H2,1-2H3,(H,21,22). The third kappa shape index (κ3) is 3.78. The zero-order chi connectivity index (χ0) is 17.2. The van der Waals surface area contributed by atoms with E-state index >= 15 is 0 Å². The van der Waals surface area contributed by atoms with Crippen LogP contribution in [0.1, 0.15) is 45.1 Å². The summed E-state index contributed by atoms with van der Waals surface area (Å²) >= 11 is 0. The molecule has 0 aromatic heterocycles. The second-order valence-electron chi connectivity index (χ2n) is 7.62. The molecule has 3 aliphatic carbocycles. The molecule has 0 radical (unpaired) electrons. The van der Waals surface area contributed by atoms with Crippen molar-refractivity contribution in [1.29, 1.82) is 0 Å². The maximum Gasteiger partial charge on any atom is 0.307 e. The Bertz CT molecular complexity index is 595. The fourth-order valence-electron chi connectivity index (χ4n) is 4.20. The lowest BCUT2D eigenvalue weighted by atomic mass is 9.39. The van der Waals surface area contributed by atoms with Gasteiger partial charge in [-0.2, -0.15) is 0 Å². The summed E-state index contributed by atoms with van der Waals surface area (Å²) in [4.78, 5) is 23.1. The second-order valence-corrected chi connectivity index (χ2v) is 7.62. The third-order valence-electron chi connectivity index (χ3n) is 5.12. The van der Waals surface area contributed by atoms with E-state index in [9.17, 15) is 9.59 Å². The van der Waals surface area contributed by atoms with Gasteiger partial charge >= 0.3 is 5.97 Å². The van der Waals surface area contributed by atoms with E-state index in [0.29, 0.717) is 18.4 Å². The van der Waals surface area contributed by atoms with Crippen molar-refractivity contribution in [3.8, 4) is 0 Å². The smallest absolute Gasteiger partial charge is 0.307 e. The van der Waals surface area contributed by atoms with E-state index in [-0.39, 0.29) is 23.5 Å². The van der Waals surface area contributed by atoms with Crippen molar-refractivity contribution in [2.45, 2.75) is 57.7 Å². The molecule has 2 N–H and O–H groups in total. The molecule has 0 aliphatic heterocycles. The highest BCUT2D eigenvalue weighted by Crippen LogP contribution is 2.66. The van der Waals surface area contributed by atoms with Crippen LogP contribution in [0.2, 0.25) is 0 Å². The van der Waals surface area contributed by atoms with Gasteiger partial charge in [0.2, 0.25) is 5.91 Å². The molecule has 0 heterocycles. The quantitative estimate of drug-likeness (QED) is 0.717. The van der Waals surface area contributed by atoms with Crippen LogP contribution in [0, 0.1) is 5.41 Å². The molecule has 3 fully saturated rings. The average molecular weight is 330 g/mol. The summed E-state index contributed by atoms with van der Waals surface area (Å²) in [5.41, 5.74) is 1.40. The first-order valence-electron chi connectivity index (χ1n) is 8.62. The lowest BCUT2D eigenvalue weighted by Crippen LogP contribution is -2.76. The number of amides is 1. The van der Waals surface area contributed by atoms with Crippen LogP contribution in [0.25, 0.3) is 0 Å². The van der Waals surface area contributed by atoms with Crippen LogP contribution in [-0.4, -0.2) is 30.0 Å². The predicted molar refractivity (Wildman–Crippen MR) is 91.2 cm³/mol. The van der Waals surface area contributed by atoms with Gasteiger partial charge in [-0.15, -0.1) is 0 Å². The molecule has 130 valence electrons. The van der Waals surface area contributed by atoms with E-state index in [4.69, 9.17) is 4.74 Å². The summed E-state index contributed by atoms with van der Waals surface area (Å²) in [7, 11) is 0. The minimum atomic E-state index is -0.175. The van der Waals surface area contributed by atoms with Crippen LogP contribution in [0.15, 0.2) is 30.3 Å². The molecule has 24 heavy (non-hydrogen) atoms. The van der Waals surface area contributed by atoms with Crippen LogP contribution in [0.5, 0.6) is 0 Å². The van der Waals surface area contributed by atoms with Crippen molar-refractivity contribution >= 4 is 11.9 Å². The first kappa shape index (κ1) is 17.0. The number of carbonyl (C=O) groups excluding carboxylic acids is 2. The lowest BCUT2D eigenvalue weighted by molar-refractivity contribution is -0.163. The summed E-state index contributed by atoms with van der Waals surface area (Å²) in [6.45, 7) is 4.82. The number of ether oxygens (including phenoxy) is 1. The fraction of sp³-hybridized carbons (Fsp3) is 0.579. The molecule has 0 spiro atoms. The Morgan fingerprint density at radius 3 is 2.50 bits per heavy atom. The lowest BCUT2D eigenvalue weighted by Gasteiger charge is -2.71. The SMILES string of the molecule is CC(=O)NC12CC(CNC(C)CC(=O)OCc3ccccc3)(C1)C2. The Morgan fingerprint density at radius 2 is 1.88 bits per heavy atom. The number of esters is 1. The molecule has 5 nitrogen and oxygen atoms in total. The molecule has 3 saturated carbocycles. The van der Waals surface area contributed by atoms with Crippen LogP contribution >= 0.6 is 0 Å². The summed E-state index contributed by atoms with van der Waals surface area (Å²) in [5, 5.41) is 6.51. The predicted octanol–water partition coefficient (Wildman–Crippen LogP) is 2.16. The van der Waals surface area contributed by atoms with Gasteiger partial charge in [-0.25, -0.2) is 0 Å². The molecule has 2 bridgehead atoms. The Morgan fingerprint density at radius 1 is 1.21 bits per heavy atom. The van der Waals surface area contributed by atoms with Gasteiger partial charge in [0, 0.05) is 25.0 Å². The minimum Gasteiger partial charge on any atom is -0.461 e. The zero-order valence-electron chi connectivity index (χ0n) is 14.4. The molecule has 1 unspecified atom stereocenters. The number of rotatable bonds is 8. The van der Waals surface area contributed by atoms with Gasteiger partial charge in [-0.1, -0.05) is 30.3 Å². The van der Waals surface area contributed by atoms with Crippen LogP contribution in [-0.2, 0) is 20.9 Å². The number of carbonyl (C=O) groups is 2. The molecule has 1 amide bonds. The van der Waals surface area contributed by atoms with Crippen molar-refractivity contribution < 1.29 is 14.3 Å². The minimum absolute atomic E-state index is 0.0609. The monoisotopic (exact) mass is 330 g/mol. The number of nitrogens with one attached hydrogen (secondary N) is 2. The van der Waals surface area contributed by atoms with Gasteiger partial charge in [0.25, 0.3) is 0 Å². The molecule has 1 aromatic rings. The maximum absolute atomic E-state index is 11.9. The molecule has 0 saturated heterocycles. The van der Waals surface area contributed by atoms with Crippen molar-refractivity contribution in [2.24, 2.45) is 5.41 Å². The van der Waals surface area contributed by atoms with E-state index < -0.39 is 0 Å². The van der Waals surface area contributed by atoms with Gasteiger partial charge in [-0.3, -0.25) is 9.59 Å². The third-order valence-corrected chi connectivity index (χ3v) is 5.12. The van der Waals surface area contributed by atoms with E-state index in [0.717, 1.165) is 31.4 Å². The van der Waals surface area contributed by atoms with Gasteiger partial charge in [-0.05, 0) is 37.2 Å². The van der Waals surface area contributed by atoms with Crippen molar-refractivity contribution in [2.75, 3.05) is 6.54 Å². The van der Waals surface area contributed by atoms with Gasteiger partial charge in [0.05, 0.1) is 6.42 Å². The van der Waals surface area contributed by atoms with Gasteiger partial charge in [0.1, 0.15) is 6.61 Å².